The Morgan fingerprint density at radius 2 is 1.08 bits per heavy atom. The summed E-state index contributed by atoms with van der Waals surface area (Å²) in [5.41, 5.74) is 9.67. The van der Waals surface area contributed by atoms with E-state index in [0.29, 0.717) is 0 Å². The Morgan fingerprint density at radius 1 is 1.00 bits per heavy atom. The van der Waals surface area contributed by atoms with E-state index in [1.54, 1.807) is 0 Å². The van der Waals surface area contributed by atoms with Gasteiger partial charge in [-0.25, -0.2) is 0 Å². The number of aliphatic carboxylic acids is 2. The smallest absolute Gasteiger partial charge is 0.320 e. The minimum absolute atomic E-state index is 0. The van der Waals surface area contributed by atoms with Crippen LogP contribution in [0.5, 0.6) is 0 Å². The summed E-state index contributed by atoms with van der Waals surface area (Å²) < 4.78 is 0. The van der Waals surface area contributed by atoms with Gasteiger partial charge >= 0.3 is 11.9 Å². The molecule has 0 unspecified atom stereocenters. The third-order valence-electron chi connectivity index (χ3n) is 0.779. The average Bonchev–Trinajstić information content (AvgIpc) is 1.88. The second-order valence-corrected chi connectivity index (χ2v) is 2.25. The maximum absolute atomic E-state index is 9.57. The molecule has 0 aromatic rings. The molecule has 0 amide bonds. The molecule has 0 spiro atoms. The van der Waals surface area contributed by atoms with Crippen LogP contribution < -0.4 is 11.5 Å². The van der Waals surface area contributed by atoms with Gasteiger partial charge < -0.3 is 21.7 Å². The molecule has 6 N–H and O–H groups in total. The van der Waals surface area contributed by atoms with E-state index in [4.69, 9.17) is 21.7 Å². The van der Waals surface area contributed by atoms with Crippen molar-refractivity contribution in [3.05, 3.63) is 0 Å². The van der Waals surface area contributed by atoms with Gasteiger partial charge in [0.25, 0.3) is 0 Å². The Bertz CT molecular complexity index is 143. The van der Waals surface area contributed by atoms with Crippen molar-refractivity contribution < 1.29 is 39.3 Å². The van der Waals surface area contributed by atoms with E-state index < -0.39 is 24.0 Å². The predicted molar refractivity (Wildman–Crippen MR) is 42.6 cm³/mol. The van der Waals surface area contributed by atoms with Crippen LogP contribution >= 0.6 is 0 Å². The molecule has 0 aliphatic carbocycles. The van der Waals surface area contributed by atoms with Gasteiger partial charge in [-0.2, -0.15) is 0 Å². The van der Waals surface area contributed by atoms with Crippen molar-refractivity contribution in [1.82, 2.24) is 0 Å². The summed E-state index contributed by atoms with van der Waals surface area (Å²) in [6, 6.07) is -1.46. The van der Waals surface area contributed by atoms with Crippen LogP contribution in [0.4, 0.5) is 0 Å². The fourth-order valence-corrected chi connectivity index (χ4v) is 0. The van der Waals surface area contributed by atoms with E-state index in [-0.39, 0.29) is 19.5 Å². The molecule has 0 saturated heterocycles. The van der Waals surface area contributed by atoms with Crippen LogP contribution in [0.1, 0.15) is 13.8 Å². The van der Waals surface area contributed by atoms with Gasteiger partial charge in [-0.05, 0) is 13.8 Å². The first kappa shape index (κ1) is 18.3. The van der Waals surface area contributed by atoms with E-state index in [2.05, 4.69) is 0 Å². The Kier molecular flexibility index (Phi) is 13.5. The maximum atomic E-state index is 9.57. The fourth-order valence-electron chi connectivity index (χ4n) is 0. The molecule has 7 heteroatoms. The number of carboxylic acids is 2. The van der Waals surface area contributed by atoms with Crippen molar-refractivity contribution >= 4 is 11.9 Å². The summed E-state index contributed by atoms with van der Waals surface area (Å²) in [7, 11) is 0. The molecule has 0 fully saturated rings. The van der Waals surface area contributed by atoms with Crippen molar-refractivity contribution in [3.63, 3.8) is 0 Å². The molecule has 6 nitrogen and oxygen atoms in total. The summed E-state index contributed by atoms with van der Waals surface area (Å²) in [4.78, 5) is 19.1. The third kappa shape index (κ3) is 18.4. The minimum Gasteiger partial charge on any atom is -0.480 e. The van der Waals surface area contributed by atoms with Gasteiger partial charge in [0.05, 0.1) is 0 Å². The summed E-state index contributed by atoms with van der Waals surface area (Å²) in [5.74, 6) is -1.93. The molecule has 74 valence electrons. The molecule has 0 saturated carbocycles. The molecule has 0 rings (SSSR count). The standard InChI is InChI=1S/2C3H7NO2.Zn/c2*1-2(4)3(5)6;/h2*2H,4H2,1H3,(H,5,6);/t2*2-;/m00./s1. The minimum atomic E-state index is -0.963. The van der Waals surface area contributed by atoms with E-state index in [0.717, 1.165) is 0 Å². The molecule has 0 aromatic heterocycles. The largest absolute Gasteiger partial charge is 0.480 e. The van der Waals surface area contributed by atoms with E-state index in [9.17, 15) is 9.59 Å². The average molecular weight is 244 g/mol. The van der Waals surface area contributed by atoms with Crippen LogP contribution in [0.3, 0.4) is 0 Å². The zero-order chi connectivity index (χ0) is 10.3. The van der Waals surface area contributed by atoms with Crippen molar-refractivity contribution in [2.24, 2.45) is 11.5 Å². The van der Waals surface area contributed by atoms with Crippen molar-refractivity contribution in [1.29, 1.82) is 0 Å². The quantitative estimate of drug-likeness (QED) is 0.453. The van der Waals surface area contributed by atoms with Crippen LogP contribution in [0.2, 0.25) is 0 Å². The molecular formula is C6H14N2O4Zn. The predicted octanol–water partition coefficient (Wildman–Crippen LogP) is -1.17. The van der Waals surface area contributed by atoms with Gasteiger partial charge in [0.1, 0.15) is 12.1 Å². The van der Waals surface area contributed by atoms with E-state index >= 15 is 0 Å². The molecule has 0 aliphatic heterocycles. The monoisotopic (exact) mass is 242 g/mol. The number of rotatable bonds is 2. The molecule has 13 heavy (non-hydrogen) atoms. The SMILES string of the molecule is C[C@H](N)C(=O)O.C[C@H](N)C(=O)O.[Zn]. The van der Waals surface area contributed by atoms with Gasteiger partial charge in [0.15, 0.2) is 0 Å². The number of hydrogen-bond donors (Lipinski definition) is 4. The normalized spacial score (nSPS) is 12.6. The van der Waals surface area contributed by atoms with Crippen LogP contribution in [0.15, 0.2) is 0 Å². The summed E-state index contributed by atoms with van der Waals surface area (Å²) in [6.45, 7) is 2.84. The number of nitrogens with two attached hydrogens (primary N) is 2. The van der Waals surface area contributed by atoms with Crippen molar-refractivity contribution in [2.75, 3.05) is 0 Å². The van der Waals surface area contributed by atoms with Gasteiger partial charge in [-0.15, -0.1) is 0 Å². The molecule has 0 bridgehead atoms. The Balaban J connectivity index is -0.000000143. The van der Waals surface area contributed by atoms with E-state index in [1.165, 1.54) is 13.8 Å². The van der Waals surface area contributed by atoms with Crippen molar-refractivity contribution in [2.45, 2.75) is 25.9 Å². The molecule has 0 aliphatic rings. The van der Waals surface area contributed by atoms with Crippen LogP contribution in [-0.2, 0) is 29.1 Å². The molecule has 0 heterocycles. The second kappa shape index (κ2) is 9.57. The Labute approximate surface area is 89.0 Å². The third-order valence-corrected chi connectivity index (χ3v) is 0.779. The van der Waals surface area contributed by atoms with E-state index in [1.807, 2.05) is 0 Å². The van der Waals surface area contributed by atoms with Crippen molar-refractivity contribution in [3.8, 4) is 0 Å². The molecule has 2 atom stereocenters. The summed E-state index contributed by atoms with van der Waals surface area (Å²) >= 11 is 0. The van der Waals surface area contributed by atoms with Gasteiger partial charge in [-0.3, -0.25) is 9.59 Å². The number of carbonyl (C=O) groups is 2. The fraction of sp³-hybridized carbons (Fsp3) is 0.667. The molecule has 0 aromatic carbocycles. The molecule has 0 radical (unpaired) electrons. The van der Waals surface area contributed by atoms with Gasteiger partial charge in [0, 0.05) is 19.5 Å². The first-order valence-corrected chi connectivity index (χ1v) is 3.25. The number of carboxylic acid groups (broad SMARTS) is 2. The van der Waals surface area contributed by atoms with Crippen LogP contribution in [0, 0.1) is 0 Å². The molecular weight excluding hydrogens is 229 g/mol. The zero-order valence-electron chi connectivity index (χ0n) is 7.73. The Hall–Kier alpha value is -0.517. The van der Waals surface area contributed by atoms with Gasteiger partial charge in [0.2, 0.25) is 0 Å². The topological polar surface area (TPSA) is 127 Å². The zero-order valence-corrected chi connectivity index (χ0v) is 10.7. The maximum Gasteiger partial charge on any atom is 0.320 e. The first-order chi connectivity index (χ1) is 5.29. The van der Waals surface area contributed by atoms with Gasteiger partial charge in [-0.1, -0.05) is 0 Å². The summed E-state index contributed by atoms with van der Waals surface area (Å²) in [5, 5.41) is 15.7. The Morgan fingerprint density at radius 3 is 1.08 bits per heavy atom. The summed E-state index contributed by atoms with van der Waals surface area (Å²) in [6.07, 6.45) is 0. The van der Waals surface area contributed by atoms with Crippen LogP contribution in [0.25, 0.3) is 0 Å². The second-order valence-electron chi connectivity index (χ2n) is 2.25. The van der Waals surface area contributed by atoms with Crippen LogP contribution in [-0.4, -0.2) is 34.2 Å². The first-order valence-electron chi connectivity index (χ1n) is 3.25. The number of hydrogen-bond acceptors (Lipinski definition) is 4.